The molecule has 7 nitrogen and oxygen atoms in total. The SMILES string of the molecule is CC(=O)N[C@@H](Cc1ccc(F)cc1)C(C)=O.COC(=O)[C@H](Cc1ccccc1F)NC(C)=O. The van der Waals surface area contributed by atoms with Gasteiger partial charge in [0.15, 0.2) is 5.78 Å². The van der Waals surface area contributed by atoms with Crippen molar-refractivity contribution >= 4 is 23.6 Å². The molecule has 2 rings (SSSR count). The Balaban J connectivity index is 0.000000331. The molecule has 33 heavy (non-hydrogen) atoms. The lowest BCUT2D eigenvalue weighted by atomic mass is 10.0. The van der Waals surface area contributed by atoms with E-state index in [0.717, 1.165) is 5.56 Å². The molecule has 0 aromatic heterocycles. The molecule has 2 atom stereocenters. The van der Waals surface area contributed by atoms with Gasteiger partial charge in [0.25, 0.3) is 0 Å². The molecule has 0 fully saturated rings. The Morgan fingerprint density at radius 2 is 1.36 bits per heavy atom. The third-order valence-corrected chi connectivity index (χ3v) is 4.47. The first-order chi connectivity index (χ1) is 15.5. The zero-order valence-electron chi connectivity index (χ0n) is 19.0. The highest BCUT2D eigenvalue weighted by atomic mass is 19.1. The van der Waals surface area contributed by atoms with Crippen LogP contribution < -0.4 is 10.6 Å². The quantitative estimate of drug-likeness (QED) is 0.587. The molecule has 178 valence electrons. The molecule has 0 heterocycles. The second-order valence-corrected chi connectivity index (χ2v) is 7.27. The van der Waals surface area contributed by atoms with Crippen LogP contribution in [0.25, 0.3) is 0 Å². The van der Waals surface area contributed by atoms with Gasteiger partial charge >= 0.3 is 5.97 Å². The highest BCUT2D eigenvalue weighted by Crippen LogP contribution is 2.10. The second kappa shape index (κ2) is 13.7. The molecular weight excluding hydrogens is 434 g/mol. The van der Waals surface area contributed by atoms with Crippen LogP contribution in [0.2, 0.25) is 0 Å². The molecule has 2 aromatic carbocycles. The fraction of sp³-hybridized carbons (Fsp3) is 0.333. The molecule has 0 saturated heterocycles. The number of esters is 1. The van der Waals surface area contributed by atoms with Crippen LogP contribution in [0.3, 0.4) is 0 Å². The first-order valence-electron chi connectivity index (χ1n) is 10.1. The summed E-state index contributed by atoms with van der Waals surface area (Å²) in [6, 6.07) is 10.6. The summed E-state index contributed by atoms with van der Waals surface area (Å²) >= 11 is 0. The van der Waals surface area contributed by atoms with Gasteiger partial charge in [0.05, 0.1) is 13.2 Å². The van der Waals surface area contributed by atoms with E-state index in [-0.39, 0.29) is 29.8 Å². The fourth-order valence-electron chi connectivity index (χ4n) is 2.86. The maximum Gasteiger partial charge on any atom is 0.328 e. The molecule has 0 bridgehead atoms. The molecule has 2 amide bonds. The van der Waals surface area contributed by atoms with Crippen molar-refractivity contribution in [3.8, 4) is 0 Å². The van der Waals surface area contributed by atoms with Crippen molar-refractivity contribution in [2.45, 2.75) is 45.7 Å². The molecule has 2 N–H and O–H groups in total. The van der Waals surface area contributed by atoms with E-state index in [4.69, 9.17) is 0 Å². The van der Waals surface area contributed by atoms with Crippen LogP contribution in [0.4, 0.5) is 8.78 Å². The number of halogens is 2. The van der Waals surface area contributed by atoms with Crippen LogP contribution in [0.15, 0.2) is 48.5 Å². The van der Waals surface area contributed by atoms with Gasteiger partial charge in [0, 0.05) is 20.3 Å². The number of hydrogen-bond donors (Lipinski definition) is 2. The molecule has 9 heteroatoms. The van der Waals surface area contributed by atoms with Crippen molar-refractivity contribution in [1.29, 1.82) is 0 Å². The molecular formula is C24H28F2N2O5. The van der Waals surface area contributed by atoms with E-state index in [1.165, 1.54) is 46.1 Å². The number of carbonyl (C=O) groups excluding carboxylic acids is 4. The third-order valence-electron chi connectivity index (χ3n) is 4.47. The molecule has 0 spiro atoms. The Hall–Kier alpha value is -3.62. The van der Waals surface area contributed by atoms with Crippen LogP contribution in [-0.4, -0.2) is 42.8 Å². The summed E-state index contributed by atoms with van der Waals surface area (Å²) < 4.78 is 30.6. The Morgan fingerprint density at radius 3 is 1.85 bits per heavy atom. The lowest BCUT2D eigenvalue weighted by molar-refractivity contribution is -0.144. The van der Waals surface area contributed by atoms with Gasteiger partial charge in [-0.2, -0.15) is 0 Å². The smallest absolute Gasteiger partial charge is 0.328 e. The average molecular weight is 462 g/mol. The molecule has 0 saturated carbocycles. The summed E-state index contributed by atoms with van der Waals surface area (Å²) in [6.45, 7) is 4.07. The van der Waals surface area contributed by atoms with Gasteiger partial charge < -0.3 is 15.4 Å². The van der Waals surface area contributed by atoms with E-state index in [0.29, 0.717) is 12.0 Å². The first-order valence-corrected chi connectivity index (χ1v) is 10.1. The predicted molar refractivity (Wildman–Crippen MR) is 118 cm³/mol. The maximum absolute atomic E-state index is 13.4. The molecule has 0 radical (unpaired) electrons. The number of nitrogens with one attached hydrogen (secondary N) is 2. The Labute approximate surface area is 191 Å². The topological polar surface area (TPSA) is 102 Å². The number of methoxy groups -OCH3 is 1. The summed E-state index contributed by atoms with van der Waals surface area (Å²) in [4.78, 5) is 44.5. The van der Waals surface area contributed by atoms with E-state index in [9.17, 15) is 28.0 Å². The highest BCUT2D eigenvalue weighted by molar-refractivity contribution is 5.87. The summed E-state index contributed by atoms with van der Waals surface area (Å²) in [6.07, 6.45) is 0.452. The average Bonchev–Trinajstić information content (AvgIpc) is 2.75. The van der Waals surface area contributed by atoms with Gasteiger partial charge in [-0.1, -0.05) is 30.3 Å². The van der Waals surface area contributed by atoms with Crippen LogP contribution in [0, 0.1) is 11.6 Å². The van der Waals surface area contributed by atoms with Crippen molar-refractivity contribution in [3.63, 3.8) is 0 Å². The molecule has 0 aliphatic carbocycles. The van der Waals surface area contributed by atoms with E-state index in [2.05, 4.69) is 15.4 Å². The monoisotopic (exact) mass is 462 g/mol. The minimum absolute atomic E-state index is 0.0684. The molecule has 2 aromatic rings. The summed E-state index contributed by atoms with van der Waals surface area (Å²) in [7, 11) is 1.22. The number of ether oxygens (including phenoxy) is 1. The highest BCUT2D eigenvalue weighted by Gasteiger charge is 2.21. The molecule has 0 aliphatic heterocycles. The van der Waals surface area contributed by atoms with Crippen LogP contribution in [0.5, 0.6) is 0 Å². The van der Waals surface area contributed by atoms with E-state index < -0.39 is 23.9 Å². The maximum atomic E-state index is 13.4. The zero-order valence-corrected chi connectivity index (χ0v) is 19.0. The van der Waals surface area contributed by atoms with E-state index in [1.54, 1.807) is 30.3 Å². The predicted octanol–water partition coefficient (Wildman–Crippen LogP) is 2.51. The first kappa shape index (κ1) is 27.4. The van der Waals surface area contributed by atoms with Crippen molar-refractivity contribution < 1.29 is 32.7 Å². The van der Waals surface area contributed by atoms with E-state index >= 15 is 0 Å². The number of rotatable bonds is 8. The minimum atomic E-state index is -0.866. The normalized spacial score (nSPS) is 11.8. The van der Waals surface area contributed by atoms with Crippen molar-refractivity contribution in [2.24, 2.45) is 0 Å². The zero-order chi connectivity index (χ0) is 25.0. The van der Waals surface area contributed by atoms with Gasteiger partial charge in [0.2, 0.25) is 11.8 Å². The summed E-state index contributed by atoms with van der Waals surface area (Å²) in [5, 5.41) is 4.99. The van der Waals surface area contributed by atoms with Gasteiger partial charge in [0.1, 0.15) is 17.7 Å². The minimum Gasteiger partial charge on any atom is -0.467 e. The van der Waals surface area contributed by atoms with Crippen molar-refractivity contribution in [2.75, 3.05) is 7.11 Å². The summed E-state index contributed by atoms with van der Waals surface area (Å²) in [5.41, 5.74) is 1.17. The van der Waals surface area contributed by atoms with E-state index in [1.807, 2.05) is 0 Å². The lowest BCUT2D eigenvalue weighted by Gasteiger charge is -2.15. The second-order valence-electron chi connectivity index (χ2n) is 7.27. The number of amides is 2. The Morgan fingerprint density at radius 1 is 0.818 bits per heavy atom. The number of ketones is 1. The van der Waals surface area contributed by atoms with Gasteiger partial charge in [-0.3, -0.25) is 14.4 Å². The third kappa shape index (κ3) is 10.5. The lowest BCUT2D eigenvalue weighted by Crippen LogP contribution is -2.42. The largest absolute Gasteiger partial charge is 0.467 e. The van der Waals surface area contributed by atoms with Gasteiger partial charge in [-0.25, -0.2) is 13.6 Å². The van der Waals surface area contributed by atoms with Crippen LogP contribution >= 0.6 is 0 Å². The molecule has 0 aliphatic rings. The van der Waals surface area contributed by atoms with Gasteiger partial charge in [-0.15, -0.1) is 0 Å². The van der Waals surface area contributed by atoms with Crippen molar-refractivity contribution in [3.05, 3.63) is 71.3 Å². The Bertz CT molecular complexity index is 964. The summed E-state index contributed by atoms with van der Waals surface area (Å²) in [5.74, 6) is -2.04. The number of carbonyl (C=O) groups is 4. The Kier molecular flexibility index (Phi) is 11.4. The van der Waals surface area contributed by atoms with Gasteiger partial charge in [-0.05, 0) is 42.7 Å². The number of Topliss-reactive ketones (excluding diaryl/α,β-unsaturated/α-hetero) is 1. The number of benzene rings is 2. The van der Waals surface area contributed by atoms with Crippen molar-refractivity contribution in [1.82, 2.24) is 10.6 Å². The van der Waals surface area contributed by atoms with Crippen LogP contribution in [0.1, 0.15) is 31.9 Å². The van der Waals surface area contributed by atoms with Crippen LogP contribution in [-0.2, 0) is 36.8 Å². The standard InChI is InChI=1S/C12H14FNO3.C12H14FNO2/c1-8(15)14-11(12(16)17-2)7-9-5-3-4-6-10(9)13;1-8(15)12(14-9(2)16)7-10-3-5-11(13)6-4-10/h3-6,11H,7H2,1-2H3,(H,14,15);3-6,12H,7H2,1-2H3,(H,14,16)/t11-;12-/m00/s1. The number of hydrogen-bond acceptors (Lipinski definition) is 5. The molecule has 0 unspecified atom stereocenters. The fourth-order valence-corrected chi connectivity index (χ4v) is 2.86.